The molecular formula is C39H60O9. The standard InChI is InChI=1S/C39H60O9/c1-23(2)20-25(47-33(44)14-12-31(40)41)21-24(3)26-16-17-39(8)35-29(46-9)22-28-27(37(35,6)18-19-38(26,39)7)10-11-30(36(28,4)5)48-34(45)15-13-32(42)43/h20,22,24-27,29-30,35H,10-19,21H2,1-9H3,(H,40,41)(H,42,43)/t24-,25+,26-,27-,29+,30+,35-,37+,38-,39+/m1/s1. The maximum absolute atomic E-state index is 12.6. The van der Waals surface area contributed by atoms with E-state index in [0.717, 1.165) is 44.1 Å². The first-order valence-corrected chi connectivity index (χ1v) is 18.0. The number of hydrogen-bond donors (Lipinski definition) is 2. The molecule has 2 N–H and O–H groups in total. The average Bonchev–Trinajstić information content (AvgIpc) is 3.26. The smallest absolute Gasteiger partial charge is 0.306 e. The summed E-state index contributed by atoms with van der Waals surface area (Å²) >= 11 is 0. The van der Waals surface area contributed by atoms with Gasteiger partial charge in [0.15, 0.2) is 0 Å². The van der Waals surface area contributed by atoms with Gasteiger partial charge in [-0.2, -0.15) is 0 Å². The van der Waals surface area contributed by atoms with Crippen molar-refractivity contribution >= 4 is 23.9 Å². The third-order valence-electron chi connectivity index (χ3n) is 13.5. The summed E-state index contributed by atoms with van der Waals surface area (Å²) in [4.78, 5) is 47.2. The summed E-state index contributed by atoms with van der Waals surface area (Å²) in [6.07, 6.45) is 9.54. The Labute approximate surface area is 287 Å². The molecule has 9 heteroatoms. The van der Waals surface area contributed by atoms with Crippen LogP contribution in [0.1, 0.15) is 126 Å². The van der Waals surface area contributed by atoms with E-state index in [1.807, 2.05) is 27.0 Å². The maximum atomic E-state index is 12.6. The molecule has 0 aromatic heterocycles. The predicted octanol–water partition coefficient (Wildman–Crippen LogP) is 7.76. The number of ether oxygens (including phenoxy) is 3. The number of carboxylic acids is 2. The van der Waals surface area contributed by atoms with Gasteiger partial charge in [0.05, 0.1) is 31.8 Å². The molecule has 0 unspecified atom stereocenters. The molecule has 48 heavy (non-hydrogen) atoms. The average molecular weight is 673 g/mol. The Bertz CT molecular complexity index is 1310. The van der Waals surface area contributed by atoms with Gasteiger partial charge in [-0.15, -0.1) is 0 Å². The molecule has 10 atom stereocenters. The summed E-state index contributed by atoms with van der Waals surface area (Å²) < 4.78 is 18.2. The predicted molar refractivity (Wildman–Crippen MR) is 182 cm³/mol. The van der Waals surface area contributed by atoms with Crippen LogP contribution in [0.15, 0.2) is 23.3 Å². The van der Waals surface area contributed by atoms with Crippen LogP contribution >= 0.6 is 0 Å². The number of carbonyl (C=O) groups excluding carboxylic acids is 2. The van der Waals surface area contributed by atoms with Crippen LogP contribution in [0.25, 0.3) is 0 Å². The van der Waals surface area contributed by atoms with Gasteiger partial charge in [0.25, 0.3) is 0 Å². The van der Waals surface area contributed by atoms with E-state index >= 15 is 0 Å². The minimum atomic E-state index is -1.01. The fourth-order valence-corrected chi connectivity index (χ4v) is 11.0. The highest BCUT2D eigenvalue weighted by Crippen LogP contribution is 2.75. The van der Waals surface area contributed by atoms with Crippen molar-refractivity contribution in [3.8, 4) is 0 Å². The van der Waals surface area contributed by atoms with E-state index in [1.54, 1.807) is 0 Å². The molecule has 0 spiro atoms. The summed E-state index contributed by atoms with van der Waals surface area (Å²) in [6, 6.07) is 0. The number of allylic oxidation sites excluding steroid dienone is 1. The van der Waals surface area contributed by atoms with E-state index in [-0.39, 0.29) is 60.1 Å². The van der Waals surface area contributed by atoms with Crippen LogP contribution in [0.5, 0.6) is 0 Å². The Hall–Kier alpha value is -2.68. The van der Waals surface area contributed by atoms with Crippen LogP contribution in [0, 0.1) is 45.3 Å². The molecular weight excluding hydrogens is 612 g/mol. The molecule has 0 amide bonds. The van der Waals surface area contributed by atoms with E-state index in [9.17, 15) is 19.2 Å². The fraction of sp³-hybridized carbons (Fsp3) is 0.795. The van der Waals surface area contributed by atoms with Crippen LogP contribution in [-0.2, 0) is 33.4 Å². The van der Waals surface area contributed by atoms with Crippen LogP contribution in [0.3, 0.4) is 0 Å². The molecule has 0 heterocycles. The van der Waals surface area contributed by atoms with E-state index in [2.05, 4.69) is 47.6 Å². The van der Waals surface area contributed by atoms with Gasteiger partial charge in [0, 0.05) is 18.4 Å². The lowest BCUT2D eigenvalue weighted by Crippen LogP contribution is -2.63. The minimum absolute atomic E-state index is 0.00300. The monoisotopic (exact) mass is 672 g/mol. The number of carbonyl (C=O) groups is 4. The first kappa shape index (κ1) is 38.1. The Kier molecular flexibility index (Phi) is 11.3. The molecule has 0 bridgehead atoms. The second kappa shape index (κ2) is 14.3. The van der Waals surface area contributed by atoms with Gasteiger partial charge in [0.1, 0.15) is 12.2 Å². The number of hydrogen-bond acceptors (Lipinski definition) is 7. The summed E-state index contributed by atoms with van der Waals surface area (Å²) in [6.45, 7) is 18.1. The van der Waals surface area contributed by atoms with Gasteiger partial charge in [-0.05, 0) is 98.9 Å². The van der Waals surface area contributed by atoms with Gasteiger partial charge >= 0.3 is 23.9 Å². The van der Waals surface area contributed by atoms with Gasteiger partial charge in [0.2, 0.25) is 0 Å². The van der Waals surface area contributed by atoms with Crippen molar-refractivity contribution in [1.82, 2.24) is 0 Å². The van der Waals surface area contributed by atoms with Crippen molar-refractivity contribution in [1.29, 1.82) is 0 Å². The molecule has 4 aliphatic carbocycles. The van der Waals surface area contributed by atoms with Crippen molar-refractivity contribution in [3.05, 3.63) is 23.3 Å². The van der Waals surface area contributed by atoms with Crippen molar-refractivity contribution in [2.24, 2.45) is 45.3 Å². The number of rotatable bonds is 13. The van der Waals surface area contributed by atoms with E-state index < -0.39 is 35.4 Å². The summed E-state index contributed by atoms with van der Waals surface area (Å²) in [7, 11) is 1.81. The van der Waals surface area contributed by atoms with E-state index in [4.69, 9.17) is 24.4 Å². The van der Waals surface area contributed by atoms with E-state index in [1.165, 1.54) is 5.57 Å². The fourth-order valence-electron chi connectivity index (χ4n) is 11.0. The van der Waals surface area contributed by atoms with Gasteiger partial charge < -0.3 is 24.4 Å². The summed E-state index contributed by atoms with van der Waals surface area (Å²) in [5, 5.41) is 18.1. The molecule has 270 valence electrons. The quantitative estimate of drug-likeness (QED) is 0.149. The minimum Gasteiger partial charge on any atom is -0.481 e. The second-order valence-corrected chi connectivity index (χ2v) is 16.9. The van der Waals surface area contributed by atoms with Crippen LogP contribution in [-0.4, -0.2) is 59.5 Å². The molecule has 0 saturated heterocycles. The van der Waals surface area contributed by atoms with Crippen molar-refractivity contribution in [3.63, 3.8) is 0 Å². The lowest BCUT2D eigenvalue weighted by atomic mass is 9.38. The Morgan fingerprint density at radius 3 is 2.08 bits per heavy atom. The zero-order valence-corrected chi connectivity index (χ0v) is 30.7. The molecule has 0 aromatic rings. The molecule has 0 aromatic carbocycles. The Balaban J connectivity index is 1.59. The lowest BCUT2D eigenvalue weighted by molar-refractivity contribution is -0.187. The zero-order chi connectivity index (χ0) is 35.8. The highest BCUT2D eigenvalue weighted by Gasteiger charge is 2.69. The Morgan fingerprint density at radius 2 is 1.50 bits per heavy atom. The molecule has 4 aliphatic rings. The highest BCUT2D eigenvalue weighted by atomic mass is 16.5. The highest BCUT2D eigenvalue weighted by molar-refractivity contribution is 5.77. The number of fused-ring (bicyclic) bond motifs is 5. The van der Waals surface area contributed by atoms with Gasteiger partial charge in [-0.25, -0.2) is 0 Å². The number of carboxylic acid groups (broad SMARTS) is 2. The molecule has 0 aliphatic heterocycles. The molecule has 3 saturated carbocycles. The Morgan fingerprint density at radius 1 is 0.875 bits per heavy atom. The largest absolute Gasteiger partial charge is 0.481 e. The van der Waals surface area contributed by atoms with Crippen molar-refractivity contribution in [2.45, 2.75) is 144 Å². The lowest BCUT2D eigenvalue weighted by Gasteiger charge is -2.67. The molecule has 3 fully saturated rings. The molecule has 9 nitrogen and oxygen atoms in total. The molecule has 0 radical (unpaired) electrons. The van der Waals surface area contributed by atoms with Gasteiger partial charge in [-0.3, -0.25) is 19.2 Å². The topological polar surface area (TPSA) is 136 Å². The normalized spacial score (nSPS) is 36.3. The van der Waals surface area contributed by atoms with Gasteiger partial charge in [-0.1, -0.05) is 58.8 Å². The van der Waals surface area contributed by atoms with Crippen LogP contribution in [0.2, 0.25) is 0 Å². The van der Waals surface area contributed by atoms with Crippen molar-refractivity contribution < 1.29 is 43.6 Å². The maximum Gasteiger partial charge on any atom is 0.306 e. The van der Waals surface area contributed by atoms with Crippen molar-refractivity contribution in [2.75, 3.05) is 7.11 Å². The van der Waals surface area contributed by atoms with Crippen LogP contribution in [0.4, 0.5) is 0 Å². The summed E-state index contributed by atoms with van der Waals surface area (Å²) in [5.41, 5.74) is 2.03. The third-order valence-corrected chi connectivity index (χ3v) is 13.5. The molecule has 4 rings (SSSR count). The SMILES string of the molecule is CO[C@H]1C=C2[C@@H](CC[C@H](OC(=O)CCC(=O)O)C2(C)C)[C@]2(C)CC[C@]3(C)[C@@H]([C@H](C)C[C@H](C=C(C)C)OC(=O)CCC(=O)O)CC[C@@]3(C)[C@H]12. The first-order valence-electron chi connectivity index (χ1n) is 18.0. The number of methoxy groups -OCH3 is 1. The third kappa shape index (κ3) is 7.13. The second-order valence-electron chi connectivity index (χ2n) is 16.9. The summed E-state index contributed by atoms with van der Waals surface area (Å²) in [5.74, 6) is -1.58. The van der Waals surface area contributed by atoms with Crippen LogP contribution < -0.4 is 0 Å². The number of aliphatic carboxylic acids is 2. The first-order chi connectivity index (χ1) is 22.3. The zero-order valence-electron chi connectivity index (χ0n) is 30.7. The number of esters is 2. The van der Waals surface area contributed by atoms with E-state index in [0.29, 0.717) is 24.2 Å².